The Balaban J connectivity index is 1.70. The summed E-state index contributed by atoms with van der Waals surface area (Å²) in [7, 11) is 0. The number of hydrogen-bond donors (Lipinski definition) is 3. The predicted octanol–water partition coefficient (Wildman–Crippen LogP) is 0.166. The molecular formula is C13H18F2N3OS+. The summed E-state index contributed by atoms with van der Waals surface area (Å²) in [5, 5.41) is 6.29. The van der Waals surface area contributed by atoms with Crippen molar-refractivity contribution in [1.82, 2.24) is 5.32 Å². The van der Waals surface area contributed by atoms with E-state index in [-0.39, 0.29) is 0 Å². The molecule has 7 heteroatoms. The number of halogens is 2. The molecule has 1 aliphatic heterocycles. The van der Waals surface area contributed by atoms with Gasteiger partial charge in [0, 0.05) is 11.8 Å². The molecule has 1 heterocycles. The molecule has 2 rings (SSSR count). The summed E-state index contributed by atoms with van der Waals surface area (Å²) in [6.07, 6.45) is 0. The third-order valence-electron chi connectivity index (χ3n) is 3.14. The van der Waals surface area contributed by atoms with Crippen LogP contribution in [0.2, 0.25) is 0 Å². The molecule has 110 valence electrons. The highest BCUT2D eigenvalue weighted by molar-refractivity contribution is 7.80. The van der Waals surface area contributed by atoms with Gasteiger partial charge in [0.2, 0.25) is 0 Å². The Bertz CT molecular complexity index is 467. The first-order valence-corrected chi connectivity index (χ1v) is 6.97. The first-order chi connectivity index (χ1) is 9.65. The van der Waals surface area contributed by atoms with Crippen molar-refractivity contribution in [3.63, 3.8) is 0 Å². The van der Waals surface area contributed by atoms with Crippen LogP contribution in [-0.2, 0) is 4.74 Å². The Labute approximate surface area is 122 Å². The van der Waals surface area contributed by atoms with Crippen molar-refractivity contribution in [2.24, 2.45) is 0 Å². The van der Waals surface area contributed by atoms with E-state index in [0.29, 0.717) is 10.8 Å². The van der Waals surface area contributed by atoms with Crippen molar-refractivity contribution < 1.29 is 18.4 Å². The molecule has 0 radical (unpaired) electrons. The molecule has 1 aromatic carbocycles. The third-order valence-corrected chi connectivity index (χ3v) is 3.39. The summed E-state index contributed by atoms with van der Waals surface area (Å²) in [6, 6.07) is 3.59. The fraction of sp³-hybridized carbons (Fsp3) is 0.462. The molecular weight excluding hydrogens is 284 g/mol. The standard InChI is InChI=1S/C13H17F2N3OS/c14-11-2-1-10(9-12(11)15)17-13(20)16-3-4-18-5-7-19-8-6-18/h1-2,9H,3-8H2,(H2,16,17,20)/p+1. The van der Waals surface area contributed by atoms with Crippen molar-refractivity contribution in [2.75, 3.05) is 44.7 Å². The number of benzene rings is 1. The first-order valence-electron chi connectivity index (χ1n) is 6.56. The van der Waals surface area contributed by atoms with Gasteiger partial charge in [0.25, 0.3) is 0 Å². The van der Waals surface area contributed by atoms with E-state index < -0.39 is 11.6 Å². The number of thiocarbonyl (C=S) groups is 1. The van der Waals surface area contributed by atoms with Gasteiger partial charge in [-0.25, -0.2) is 8.78 Å². The quantitative estimate of drug-likeness (QED) is 0.693. The third kappa shape index (κ3) is 4.66. The van der Waals surface area contributed by atoms with Gasteiger partial charge in [-0.15, -0.1) is 0 Å². The molecule has 3 N–H and O–H groups in total. The van der Waals surface area contributed by atoms with Crippen LogP contribution in [0, 0.1) is 11.6 Å². The minimum absolute atomic E-state index is 0.406. The maximum absolute atomic E-state index is 13.0. The van der Waals surface area contributed by atoms with Gasteiger partial charge < -0.3 is 20.3 Å². The molecule has 0 saturated carbocycles. The normalized spacial score (nSPS) is 15.9. The zero-order valence-electron chi connectivity index (χ0n) is 11.0. The first kappa shape index (κ1) is 15.1. The lowest BCUT2D eigenvalue weighted by Crippen LogP contribution is -3.14. The second kappa shape index (κ2) is 7.47. The lowest BCUT2D eigenvalue weighted by molar-refractivity contribution is -0.906. The lowest BCUT2D eigenvalue weighted by atomic mass is 10.3. The summed E-state index contributed by atoms with van der Waals surface area (Å²) in [5.41, 5.74) is 0.431. The number of hydrogen-bond acceptors (Lipinski definition) is 2. The largest absolute Gasteiger partial charge is 0.370 e. The van der Waals surface area contributed by atoms with Gasteiger partial charge in [-0.1, -0.05) is 0 Å². The number of quaternary nitrogens is 1. The van der Waals surface area contributed by atoms with Crippen molar-refractivity contribution in [3.8, 4) is 0 Å². The highest BCUT2D eigenvalue weighted by Gasteiger charge is 2.13. The Kier molecular flexibility index (Phi) is 5.63. The summed E-state index contributed by atoms with van der Waals surface area (Å²) in [6.45, 7) is 5.28. The molecule has 1 aliphatic rings. The van der Waals surface area contributed by atoms with Crippen LogP contribution in [-0.4, -0.2) is 44.5 Å². The van der Waals surface area contributed by atoms with E-state index >= 15 is 0 Å². The molecule has 1 fully saturated rings. The van der Waals surface area contributed by atoms with Crippen molar-refractivity contribution in [1.29, 1.82) is 0 Å². The van der Waals surface area contributed by atoms with Crippen molar-refractivity contribution >= 4 is 23.0 Å². The maximum Gasteiger partial charge on any atom is 0.170 e. The molecule has 1 aromatic rings. The number of ether oxygens (including phenoxy) is 1. The summed E-state index contributed by atoms with van der Waals surface area (Å²) >= 11 is 5.11. The summed E-state index contributed by atoms with van der Waals surface area (Å²) in [5.74, 6) is -1.76. The summed E-state index contributed by atoms with van der Waals surface area (Å²) < 4.78 is 31.1. The highest BCUT2D eigenvalue weighted by Crippen LogP contribution is 2.12. The van der Waals surface area contributed by atoms with E-state index in [1.165, 1.54) is 11.0 Å². The minimum Gasteiger partial charge on any atom is -0.370 e. The fourth-order valence-corrected chi connectivity index (χ4v) is 2.23. The Hall–Kier alpha value is -1.31. The lowest BCUT2D eigenvalue weighted by Gasteiger charge is -2.24. The average Bonchev–Trinajstić information content (AvgIpc) is 2.44. The topological polar surface area (TPSA) is 37.7 Å². The number of nitrogens with one attached hydrogen (secondary N) is 3. The highest BCUT2D eigenvalue weighted by atomic mass is 32.1. The average molecular weight is 302 g/mol. The predicted molar refractivity (Wildman–Crippen MR) is 77.0 cm³/mol. The fourth-order valence-electron chi connectivity index (χ4n) is 2.01. The van der Waals surface area contributed by atoms with Crippen LogP contribution in [0.1, 0.15) is 0 Å². The van der Waals surface area contributed by atoms with Gasteiger partial charge >= 0.3 is 0 Å². The Morgan fingerprint density at radius 2 is 2.00 bits per heavy atom. The Morgan fingerprint density at radius 1 is 1.25 bits per heavy atom. The van der Waals surface area contributed by atoms with Crippen LogP contribution >= 0.6 is 12.2 Å². The van der Waals surface area contributed by atoms with Gasteiger partial charge in [0.1, 0.15) is 13.1 Å². The molecule has 0 atom stereocenters. The second-order valence-electron chi connectivity index (χ2n) is 4.62. The van der Waals surface area contributed by atoms with E-state index in [2.05, 4.69) is 10.6 Å². The van der Waals surface area contributed by atoms with Crippen LogP contribution in [0.5, 0.6) is 0 Å². The van der Waals surface area contributed by atoms with Gasteiger partial charge in [0.15, 0.2) is 16.7 Å². The zero-order chi connectivity index (χ0) is 14.4. The SMILES string of the molecule is Fc1ccc(NC(=S)NCC[NH+]2CCOCC2)cc1F. The second-order valence-corrected chi connectivity index (χ2v) is 5.03. The maximum atomic E-state index is 13.0. The van der Waals surface area contributed by atoms with Gasteiger partial charge in [0.05, 0.1) is 26.3 Å². The smallest absolute Gasteiger partial charge is 0.170 e. The van der Waals surface area contributed by atoms with E-state index in [9.17, 15) is 8.78 Å². The van der Waals surface area contributed by atoms with E-state index in [1.807, 2.05) is 0 Å². The molecule has 20 heavy (non-hydrogen) atoms. The molecule has 0 unspecified atom stereocenters. The molecule has 0 spiro atoms. The van der Waals surface area contributed by atoms with Gasteiger partial charge in [-0.2, -0.15) is 0 Å². The molecule has 0 aromatic heterocycles. The van der Waals surface area contributed by atoms with E-state index in [4.69, 9.17) is 17.0 Å². The monoisotopic (exact) mass is 302 g/mol. The number of morpholine rings is 1. The summed E-state index contributed by atoms with van der Waals surface area (Å²) in [4.78, 5) is 1.47. The van der Waals surface area contributed by atoms with E-state index in [1.54, 1.807) is 0 Å². The van der Waals surface area contributed by atoms with Gasteiger partial charge in [-0.3, -0.25) is 0 Å². The zero-order valence-corrected chi connectivity index (χ0v) is 11.9. The number of anilines is 1. The molecule has 0 bridgehead atoms. The van der Waals surface area contributed by atoms with Crippen molar-refractivity contribution in [2.45, 2.75) is 0 Å². The van der Waals surface area contributed by atoms with Gasteiger partial charge in [-0.05, 0) is 24.4 Å². The van der Waals surface area contributed by atoms with Crippen LogP contribution in [0.25, 0.3) is 0 Å². The van der Waals surface area contributed by atoms with Crippen LogP contribution < -0.4 is 15.5 Å². The Morgan fingerprint density at radius 3 is 2.70 bits per heavy atom. The van der Waals surface area contributed by atoms with E-state index in [0.717, 1.165) is 51.5 Å². The van der Waals surface area contributed by atoms with Crippen LogP contribution in [0.15, 0.2) is 18.2 Å². The number of rotatable bonds is 4. The molecule has 0 aliphatic carbocycles. The van der Waals surface area contributed by atoms with Crippen LogP contribution in [0.3, 0.4) is 0 Å². The molecule has 0 amide bonds. The minimum atomic E-state index is -0.893. The molecule has 1 saturated heterocycles. The van der Waals surface area contributed by atoms with Crippen LogP contribution in [0.4, 0.5) is 14.5 Å². The molecule has 4 nitrogen and oxygen atoms in total. The van der Waals surface area contributed by atoms with Crippen molar-refractivity contribution in [3.05, 3.63) is 29.8 Å².